The molecule has 0 spiro atoms. The molecule has 5 nitrogen and oxygen atoms in total. The normalized spacial score (nSPS) is 10.8. The number of thioether (sulfide) groups is 1. The minimum absolute atomic E-state index is 0.172. The second-order valence-electron chi connectivity index (χ2n) is 5.60. The Morgan fingerprint density at radius 2 is 1.84 bits per heavy atom. The Bertz CT molecular complexity index is 831. The first-order chi connectivity index (χ1) is 12.2. The van der Waals surface area contributed by atoms with E-state index in [0.717, 1.165) is 40.2 Å². The molecule has 0 unspecified atom stereocenters. The maximum atomic E-state index is 9.04. The molecule has 2 aromatic carbocycles. The molecule has 0 aliphatic carbocycles. The Morgan fingerprint density at radius 1 is 1.08 bits per heavy atom. The summed E-state index contributed by atoms with van der Waals surface area (Å²) >= 11 is 1.59. The molecule has 1 heterocycles. The van der Waals surface area contributed by atoms with E-state index >= 15 is 0 Å². The number of benzene rings is 2. The first-order valence-corrected chi connectivity index (χ1v) is 9.12. The minimum Gasteiger partial charge on any atom is -0.496 e. The maximum Gasteiger partial charge on any atom is 0.196 e. The number of para-hydroxylation sites is 1. The second kappa shape index (κ2) is 8.18. The van der Waals surface area contributed by atoms with Crippen molar-refractivity contribution in [1.29, 1.82) is 0 Å². The molecule has 1 N–H and O–H groups in total. The molecule has 0 bridgehead atoms. The molecule has 1 aromatic heterocycles. The van der Waals surface area contributed by atoms with Gasteiger partial charge in [0.25, 0.3) is 0 Å². The highest BCUT2D eigenvalue weighted by Gasteiger charge is 2.18. The smallest absolute Gasteiger partial charge is 0.196 e. The Balaban J connectivity index is 2.10. The number of aliphatic hydroxyl groups excluding tert-OH is 1. The van der Waals surface area contributed by atoms with Crippen LogP contribution in [-0.2, 0) is 0 Å². The lowest BCUT2D eigenvalue weighted by molar-refractivity contribution is 0.296. The number of hydrogen-bond acceptors (Lipinski definition) is 5. The van der Waals surface area contributed by atoms with E-state index in [4.69, 9.17) is 9.84 Å². The Morgan fingerprint density at radius 3 is 2.56 bits per heavy atom. The van der Waals surface area contributed by atoms with Crippen molar-refractivity contribution in [3.8, 4) is 22.8 Å². The van der Waals surface area contributed by atoms with Crippen molar-refractivity contribution in [2.45, 2.75) is 18.5 Å². The van der Waals surface area contributed by atoms with Gasteiger partial charge in [0.2, 0.25) is 0 Å². The monoisotopic (exact) mass is 355 g/mol. The van der Waals surface area contributed by atoms with Crippen molar-refractivity contribution in [3.63, 3.8) is 0 Å². The van der Waals surface area contributed by atoms with Crippen molar-refractivity contribution in [1.82, 2.24) is 14.8 Å². The summed E-state index contributed by atoms with van der Waals surface area (Å²) in [7, 11) is 1.66. The van der Waals surface area contributed by atoms with Gasteiger partial charge in [0.1, 0.15) is 5.75 Å². The molecule has 6 heteroatoms. The van der Waals surface area contributed by atoms with Gasteiger partial charge in [0, 0.05) is 18.0 Å². The van der Waals surface area contributed by atoms with Crippen molar-refractivity contribution in [2.24, 2.45) is 0 Å². The van der Waals surface area contributed by atoms with Gasteiger partial charge in [-0.15, -0.1) is 10.2 Å². The van der Waals surface area contributed by atoms with Crippen LogP contribution >= 0.6 is 11.8 Å². The number of aryl methyl sites for hydroxylation is 1. The van der Waals surface area contributed by atoms with Crippen LogP contribution in [0.25, 0.3) is 17.1 Å². The van der Waals surface area contributed by atoms with Crippen molar-refractivity contribution >= 4 is 11.8 Å². The zero-order valence-corrected chi connectivity index (χ0v) is 15.2. The molecular formula is C19H21N3O2S. The SMILES string of the molecule is COc1ccccc1-c1nnc(SCCCO)n1-c1ccc(C)cc1. The number of ether oxygens (including phenoxy) is 1. The third-order valence-electron chi connectivity index (χ3n) is 3.81. The highest BCUT2D eigenvalue weighted by Crippen LogP contribution is 2.33. The van der Waals surface area contributed by atoms with Crippen LogP contribution in [0.3, 0.4) is 0 Å². The molecule has 0 atom stereocenters. The van der Waals surface area contributed by atoms with Crippen LogP contribution in [0.4, 0.5) is 0 Å². The molecule has 3 aromatic rings. The fourth-order valence-electron chi connectivity index (χ4n) is 2.52. The summed E-state index contributed by atoms with van der Waals surface area (Å²) in [6.07, 6.45) is 0.718. The van der Waals surface area contributed by atoms with Crippen LogP contribution in [0.1, 0.15) is 12.0 Å². The van der Waals surface area contributed by atoms with Crippen LogP contribution < -0.4 is 4.74 Å². The van der Waals surface area contributed by atoms with Crippen LogP contribution in [-0.4, -0.2) is 39.3 Å². The first kappa shape index (κ1) is 17.5. The molecule has 130 valence electrons. The van der Waals surface area contributed by atoms with E-state index in [9.17, 15) is 0 Å². The van der Waals surface area contributed by atoms with Crippen molar-refractivity contribution in [2.75, 3.05) is 19.5 Å². The van der Waals surface area contributed by atoms with Crippen LogP contribution in [0.5, 0.6) is 5.75 Å². The molecule has 0 aliphatic heterocycles. The number of nitrogens with zero attached hydrogens (tertiary/aromatic N) is 3. The summed E-state index contributed by atoms with van der Waals surface area (Å²) in [5.74, 6) is 2.29. The zero-order chi connectivity index (χ0) is 17.6. The molecule has 0 saturated heterocycles. The van der Waals surface area contributed by atoms with Gasteiger partial charge in [0.15, 0.2) is 11.0 Å². The maximum absolute atomic E-state index is 9.04. The topological polar surface area (TPSA) is 60.2 Å². The molecule has 0 amide bonds. The Labute approximate surface area is 151 Å². The number of aromatic nitrogens is 3. The van der Waals surface area contributed by atoms with Gasteiger partial charge >= 0.3 is 0 Å². The summed E-state index contributed by atoms with van der Waals surface area (Å²) in [6, 6.07) is 16.1. The average Bonchev–Trinajstić information content (AvgIpc) is 3.06. The molecule has 0 aliphatic rings. The summed E-state index contributed by atoms with van der Waals surface area (Å²) in [4.78, 5) is 0. The molecule has 3 rings (SSSR count). The van der Waals surface area contributed by atoms with Gasteiger partial charge in [-0.25, -0.2) is 0 Å². The Hall–Kier alpha value is -2.31. The van der Waals surface area contributed by atoms with Gasteiger partial charge in [-0.1, -0.05) is 41.6 Å². The Kier molecular flexibility index (Phi) is 5.73. The fraction of sp³-hybridized carbons (Fsp3) is 0.263. The zero-order valence-electron chi connectivity index (χ0n) is 14.3. The van der Waals surface area contributed by atoms with Crippen LogP contribution in [0.2, 0.25) is 0 Å². The third-order valence-corrected chi connectivity index (χ3v) is 4.82. The number of methoxy groups -OCH3 is 1. The number of aliphatic hydroxyl groups is 1. The summed E-state index contributed by atoms with van der Waals surface area (Å²) < 4.78 is 7.54. The molecular weight excluding hydrogens is 334 g/mol. The quantitative estimate of drug-likeness (QED) is 0.517. The average molecular weight is 355 g/mol. The highest BCUT2D eigenvalue weighted by atomic mass is 32.2. The van der Waals surface area contributed by atoms with E-state index in [-0.39, 0.29) is 6.61 Å². The number of hydrogen-bond donors (Lipinski definition) is 1. The largest absolute Gasteiger partial charge is 0.496 e. The van der Waals surface area contributed by atoms with E-state index in [2.05, 4.69) is 41.4 Å². The van der Waals surface area contributed by atoms with Crippen LogP contribution in [0, 0.1) is 6.92 Å². The third kappa shape index (κ3) is 3.86. The van der Waals surface area contributed by atoms with E-state index in [1.807, 2.05) is 28.8 Å². The first-order valence-electron chi connectivity index (χ1n) is 8.14. The van der Waals surface area contributed by atoms with E-state index < -0.39 is 0 Å². The van der Waals surface area contributed by atoms with E-state index in [0.29, 0.717) is 0 Å². The summed E-state index contributed by atoms with van der Waals surface area (Å²) in [6.45, 7) is 2.24. The summed E-state index contributed by atoms with van der Waals surface area (Å²) in [5, 5.41) is 18.6. The second-order valence-corrected chi connectivity index (χ2v) is 6.67. The predicted molar refractivity (Wildman–Crippen MR) is 101 cm³/mol. The van der Waals surface area contributed by atoms with Crippen LogP contribution in [0.15, 0.2) is 53.7 Å². The lowest BCUT2D eigenvalue weighted by atomic mass is 10.1. The number of rotatable bonds is 7. The fourth-order valence-corrected chi connectivity index (χ4v) is 3.40. The van der Waals surface area contributed by atoms with E-state index in [1.54, 1.807) is 18.9 Å². The lowest BCUT2D eigenvalue weighted by Crippen LogP contribution is -2.01. The van der Waals surface area contributed by atoms with Gasteiger partial charge in [0.05, 0.1) is 12.7 Å². The predicted octanol–water partition coefficient (Wildman–Crippen LogP) is 3.73. The van der Waals surface area contributed by atoms with E-state index in [1.165, 1.54) is 5.56 Å². The highest BCUT2D eigenvalue weighted by molar-refractivity contribution is 7.99. The van der Waals surface area contributed by atoms with Crippen molar-refractivity contribution < 1.29 is 9.84 Å². The molecule has 25 heavy (non-hydrogen) atoms. The van der Waals surface area contributed by atoms with Gasteiger partial charge in [-0.05, 0) is 37.6 Å². The lowest BCUT2D eigenvalue weighted by Gasteiger charge is -2.12. The van der Waals surface area contributed by atoms with Gasteiger partial charge < -0.3 is 9.84 Å². The van der Waals surface area contributed by atoms with Gasteiger partial charge in [-0.3, -0.25) is 4.57 Å². The molecule has 0 radical (unpaired) electrons. The molecule has 0 saturated carbocycles. The summed E-state index contributed by atoms with van der Waals surface area (Å²) in [5.41, 5.74) is 3.10. The van der Waals surface area contributed by atoms with Crippen molar-refractivity contribution in [3.05, 3.63) is 54.1 Å². The standard InChI is InChI=1S/C19H21N3O2S/c1-14-8-10-15(11-9-14)22-18(16-6-3-4-7-17(16)24-2)20-21-19(22)25-13-5-12-23/h3-4,6-11,23H,5,12-13H2,1-2H3. The minimum atomic E-state index is 0.172. The van der Waals surface area contributed by atoms with Gasteiger partial charge in [-0.2, -0.15) is 0 Å². The molecule has 0 fully saturated rings.